The zero-order valence-corrected chi connectivity index (χ0v) is 15.2. The highest BCUT2D eigenvalue weighted by Crippen LogP contribution is 2.26. The van der Waals surface area contributed by atoms with E-state index in [0.29, 0.717) is 16.4 Å². The zero-order valence-electron chi connectivity index (χ0n) is 14.4. The summed E-state index contributed by atoms with van der Waals surface area (Å²) in [5.41, 5.74) is 2.20. The molecule has 0 bridgehead atoms. The molecule has 0 radical (unpaired) electrons. The van der Waals surface area contributed by atoms with Crippen molar-refractivity contribution in [2.75, 3.05) is 5.32 Å². The van der Waals surface area contributed by atoms with E-state index in [0.717, 1.165) is 5.69 Å². The van der Waals surface area contributed by atoms with Gasteiger partial charge in [-0.25, -0.2) is 0 Å². The first-order valence-electron chi connectivity index (χ1n) is 8.08. The molecule has 0 fully saturated rings. The molecule has 0 spiro atoms. The summed E-state index contributed by atoms with van der Waals surface area (Å²) >= 11 is 1.36. The number of nitrogens with one attached hydrogen (secondary N) is 1. The highest BCUT2D eigenvalue weighted by atomic mass is 32.2. The summed E-state index contributed by atoms with van der Waals surface area (Å²) in [6.45, 7) is 3.29. The van der Waals surface area contributed by atoms with Crippen molar-refractivity contribution >= 4 is 29.1 Å². The van der Waals surface area contributed by atoms with Crippen LogP contribution in [0.15, 0.2) is 66.1 Å². The predicted octanol–water partition coefficient (Wildman–Crippen LogP) is 3.59. The Labute approximate surface area is 155 Å². The van der Waals surface area contributed by atoms with Gasteiger partial charge in [0.05, 0.1) is 5.25 Å². The Kier molecular flexibility index (Phi) is 5.48. The summed E-state index contributed by atoms with van der Waals surface area (Å²) in [5.74, 6) is -0.153. The maximum atomic E-state index is 12.7. The molecular weight excluding hydrogens is 348 g/mol. The largest absolute Gasteiger partial charge is 0.326 e. The summed E-state index contributed by atoms with van der Waals surface area (Å²) in [6.07, 6.45) is 1.64. The molecule has 0 saturated heterocycles. The highest BCUT2D eigenvalue weighted by molar-refractivity contribution is 8.00. The summed E-state index contributed by atoms with van der Waals surface area (Å²) in [7, 11) is 0. The number of thioether (sulfide) groups is 1. The number of nitrogens with zero attached hydrogens (tertiary/aromatic N) is 3. The van der Waals surface area contributed by atoms with E-state index in [1.807, 2.05) is 41.8 Å². The monoisotopic (exact) mass is 366 g/mol. The number of carbonyl (C=O) groups excluding carboxylic acids is 2. The van der Waals surface area contributed by atoms with Crippen LogP contribution in [0.3, 0.4) is 0 Å². The van der Waals surface area contributed by atoms with Gasteiger partial charge >= 0.3 is 0 Å². The Balaban J connectivity index is 1.72. The number of rotatable bonds is 6. The van der Waals surface area contributed by atoms with Crippen molar-refractivity contribution in [3.05, 3.63) is 66.5 Å². The Bertz CT molecular complexity index is 907. The van der Waals surface area contributed by atoms with Crippen LogP contribution in [0.1, 0.15) is 24.2 Å². The van der Waals surface area contributed by atoms with E-state index >= 15 is 0 Å². The molecule has 1 unspecified atom stereocenters. The van der Waals surface area contributed by atoms with Crippen LogP contribution in [0.4, 0.5) is 5.69 Å². The lowest BCUT2D eigenvalue weighted by atomic mass is 10.1. The van der Waals surface area contributed by atoms with Crippen molar-refractivity contribution in [2.45, 2.75) is 24.3 Å². The molecule has 132 valence electrons. The molecule has 1 aromatic heterocycles. The number of hydrogen-bond donors (Lipinski definition) is 1. The predicted molar refractivity (Wildman–Crippen MR) is 102 cm³/mol. The molecule has 1 N–H and O–H groups in total. The number of anilines is 1. The van der Waals surface area contributed by atoms with Crippen LogP contribution in [0.2, 0.25) is 0 Å². The number of hydrogen-bond acceptors (Lipinski definition) is 5. The van der Waals surface area contributed by atoms with E-state index in [1.54, 1.807) is 30.6 Å². The molecule has 0 aliphatic rings. The van der Waals surface area contributed by atoms with Gasteiger partial charge in [-0.3, -0.25) is 14.2 Å². The SMILES string of the molecule is CC(=O)Nc1ccc(C(=O)C(C)Sc2nncn2-c2ccccc2)cc1. The molecular formula is C19H18N4O2S. The lowest BCUT2D eigenvalue weighted by molar-refractivity contribution is -0.114. The number of para-hydroxylation sites is 1. The third-order valence-electron chi connectivity index (χ3n) is 3.69. The van der Waals surface area contributed by atoms with Crippen molar-refractivity contribution in [3.8, 4) is 5.69 Å². The molecule has 2 aromatic carbocycles. The lowest BCUT2D eigenvalue weighted by Crippen LogP contribution is -2.14. The van der Waals surface area contributed by atoms with Crippen LogP contribution < -0.4 is 5.32 Å². The molecule has 1 amide bonds. The summed E-state index contributed by atoms with van der Waals surface area (Å²) < 4.78 is 1.86. The van der Waals surface area contributed by atoms with E-state index in [4.69, 9.17) is 0 Å². The minimum atomic E-state index is -0.326. The maximum absolute atomic E-state index is 12.7. The van der Waals surface area contributed by atoms with Crippen LogP contribution in [0, 0.1) is 0 Å². The molecule has 3 rings (SSSR count). The molecule has 0 saturated carbocycles. The second-order valence-electron chi connectivity index (χ2n) is 5.70. The Morgan fingerprint density at radius 1 is 1.08 bits per heavy atom. The smallest absolute Gasteiger partial charge is 0.221 e. The topological polar surface area (TPSA) is 76.9 Å². The fourth-order valence-electron chi connectivity index (χ4n) is 2.44. The van der Waals surface area contributed by atoms with Gasteiger partial charge in [0.15, 0.2) is 10.9 Å². The summed E-state index contributed by atoms with van der Waals surface area (Å²) in [6, 6.07) is 16.6. The number of carbonyl (C=O) groups is 2. The lowest BCUT2D eigenvalue weighted by Gasteiger charge is -2.11. The molecule has 1 heterocycles. The second kappa shape index (κ2) is 7.97. The Morgan fingerprint density at radius 2 is 1.77 bits per heavy atom. The molecule has 1 atom stereocenters. The van der Waals surface area contributed by atoms with E-state index in [-0.39, 0.29) is 16.9 Å². The summed E-state index contributed by atoms with van der Waals surface area (Å²) in [4.78, 5) is 23.8. The molecule has 26 heavy (non-hydrogen) atoms. The fourth-order valence-corrected chi connectivity index (χ4v) is 3.36. The number of aromatic nitrogens is 3. The van der Waals surface area contributed by atoms with Gasteiger partial charge in [-0.05, 0) is 43.3 Å². The van der Waals surface area contributed by atoms with Crippen LogP contribution >= 0.6 is 11.8 Å². The number of Topliss-reactive ketones (excluding diaryl/α,β-unsaturated/α-hetero) is 1. The standard InChI is InChI=1S/C19H18N4O2S/c1-13(18(25)15-8-10-16(11-9-15)21-14(2)24)26-19-22-20-12-23(19)17-6-4-3-5-7-17/h3-13H,1-2H3,(H,21,24). The molecule has 3 aromatic rings. The van der Waals surface area contributed by atoms with Crippen LogP contribution in [0.5, 0.6) is 0 Å². The molecule has 0 aliphatic heterocycles. The second-order valence-corrected chi connectivity index (χ2v) is 7.01. The van der Waals surface area contributed by atoms with Gasteiger partial charge in [0.1, 0.15) is 6.33 Å². The van der Waals surface area contributed by atoms with Crippen molar-refractivity contribution in [1.29, 1.82) is 0 Å². The number of amides is 1. The third-order valence-corrected chi connectivity index (χ3v) is 4.75. The van der Waals surface area contributed by atoms with E-state index < -0.39 is 0 Å². The quantitative estimate of drug-likeness (QED) is 0.533. The van der Waals surface area contributed by atoms with Gasteiger partial charge in [-0.1, -0.05) is 30.0 Å². The van der Waals surface area contributed by atoms with Gasteiger partial charge in [-0.15, -0.1) is 10.2 Å². The first-order valence-corrected chi connectivity index (χ1v) is 8.96. The molecule has 7 heteroatoms. The van der Waals surface area contributed by atoms with Crippen LogP contribution in [-0.2, 0) is 4.79 Å². The van der Waals surface area contributed by atoms with E-state index in [9.17, 15) is 9.59 Å². The average molecular weight is 366 g/mol. The van der Waals surface area contributed by atoms with Crippen molar-refractivity contribution in [1.82, 2.24) is 14.8 Å². The van der Waals surface area contributed by atoms with Gasteiger partial charge in [0, 0.05) is 23.9 Å². The first-order chi connectivity index (χ1) is 12.5. The van der Waals surface area contributed by atoms with E-state index in [1.165, 1.54) is 18.7 Å². The molecule has 0 aliphatic carbocycles. The van der Waals surface area contributed by atoms with Crippen LogP contribution in [-0.4, -0.2) is 31.7 Å². The number of benzene rings is 2. The van der Waals surface area contributed by atoms with E-state index in [2.05, 4.69) is 15.5 Å². The van der Waals surface area contributed by atoms with Crippen molar-refractivity contribution in [3.63, 3.8) is 0 Å². The Hall–Kier alpha value is -2.93. The minimum Gasteiger partial charge on any atom is -0.326 e. The first kappa shape index (κ1) is 17.9. The fraction of sp³-hybridized carbons (Fsp3) is 0.158. The maximum Gasteiger partial charge on any atom is 0.221 e. The van der Waals surface area contributed by atoms with Crippen LogP contribution in [0.25, 0.3) is 5.69 Å². The Morgan fingerprint density at radius 3 is 2.42 bits per heavy atom. The third kappa shape index (κ3) is 4.18. The van der Waals surface area contributed by atoms with Gasteiger partial charge in [-0.2, -0.15) is 0 Å². The highest BCUT2D eigenvalue weighted by Gasteiger charge is 2.20. The van der Waals surface area contributed by atoms with Gasteiger partial charge in [0.25, 0.3) is 0 Å². The van der Waals surface area contributed by atoms with Crippen molar-refractivity contribution in [2.24, 2.45) is 0 Å². The summed E-state index contributed by atoms with van der Waals surface area (Å²) in [5, 5.41) is 11.1. The minimum absolute atomic E-state index is 0.00742. The van der Waals surface area contributed by atoms with Crippen molar-refractivity contribution < 1.29 is 9.59 Å². The number of ketones is 1. The zero-order chi connectivity index (χ0) is 18.5. The average Bonchev–Trinajstić information content (AvgIpc) is 3.10. The normalized spacial score (nSPS) is 11.8. The van der Waals surface area contributed by atoms with Gasteiger partial charge in [0.2, 0.25) is 5.91 Å². The molecule has 6 nitrogen and oxygen atoms in total. The van der Waals surface area contributed by atoms with Gasteiger partial charge < -0.3 is 5.32 Å².